The number of benzene rings is 1. The van der Waals surface area contributed by atoms with Gasteiger partial charge in [0.05, 0.1) is 6.61 Å². The van der Waals surface area contributed by atoms with Crippen LogP contribution in [0.15, 0.2) is 29.3 Å². The molecule has 0 radical (unpaired) electrons. The highest BCUT2D eigenvalue weighted by Crippen LogP contribution is 2.16. The van der Waals surface area contributed by atoms with Gasteiger partial charge < -0.3 is 9.57 Å². The third-order valence-corrected chi connectivity index (χ3v) is 2.89. The van der Waals surface area contributed by atoms with Crippen LogP contribution in [-0.2, 0) is 14.9 Å². The molecule has 0 amide bonds. The molecular formula is C11H13BrN2O2. The molecule has 1 aliphatic rings. The lowest BCUT2D eigenvalue weighted by atomic mass is 10.1. The van der Waals surface area contributed by atoms with E-state index >= 15 is 0 Å². The second-order valence-electron chi connectivity index (χ2n) is 3.42. The zero-order valence-electron chi connectivity index (χ0n) is 8.94. The van der Waals surface area contributed by atoms with Crippen molar-refractivity contribution in [3.05, 3.63) is 35.4 Å². The van der Waals surface area contributed by atoms with Crippen molar-refractivity contribution in [2.75, 3.05) is 13.7 Å². The van der Waals surface area contributed by atoms with Crippen LogP contribution in [0.4, 0.5) is 0 Å². The van der Waals surface area contributed by atoms with Gasteiger partial charge in [0, 0.05) is 18.0 Å². The van der Waals surface area contributed by atoms with E-state index in [1.165, 1.54) is 0 Å². The van der Waals surface area contributed by atoms with Crippen LogP contribution in [0.2, 0.25) is 0 Å². The maximum absolute atomic E-state index is 5.35. The standard InChI is InChI=1S/C11H13BrN2O2/c1-15-7-10-13-11(16-14-10)9-5-3-2-4-8(9)6-12/h2-5,10,14H,6-7H2,1H3. The molecule has 5 heteroatoms. The summed E-state index contributed by atoms with van der Waals surface area (Å²) < 4.78 is 5.01. The third-order valence-electron chi connectivity index (χ3n) is 2.28. The van der Waals surface area contributed by atoms with Gasteiger partial charge in [0.2, 0.25) is 5.90 Å². The van der Waals surface area contributed by atoms with Crippen molar-refractivity contribution in [2.24, 2.45) is 4.99 Å². The van der Waals surface area contributed by atoms with Crippen molar-refractivity contribution in [3.63, 3.8) is 0 Å². The lowest BCUT2D eigenvalue weighted by Gasteiger charge is -2.05. The van der Waals surface area contributed by atoms with Gasteiger partial charge in [-0.25, -0.2) is 4.99 Å². The summed E-state index contributed by atoms with van der Waals surface area (Å²) in [4.78, 5) is 9.74. The average molecular weight is 285 g/mol. The van der Waals surface area contributed by atoms with Gasteiger partial charge in [-0.1, -0.05) is 34.1 Å². The fraction of sp³-hybridized carbons (Fsp3) is 0.364. The van der Waals surface area contributed by atoms with Gasteiger partial charge in [0.1, 0.15) is 0 Å². The summed E-state index contributed by atoms with van der Waals surface area (Å²) in [6, 6.07) is 8.00. The van der Waals surface area contributed by atoms with Crippen LogP contribution in [0, 0.1) is 0 Å². The SMILES string of the molecule is COCC1N=C(c2ccccc2CBr)ON1. The number of aliphatic imine (C=N–C) groups is 1. The predicted molar refractivity (Wildman–Crippen MR) is 65.5 cm³/mol. The molecule has 2 rings (SSSR count). The number of nitrogens with zero attached hydrogens (tertiary/aromatic N) is 1. The van der Waals surface area contributed by atoms with E-state index < -0.39 is 0 Å². The summed E-state index contributed by atoms with van der Waals surface area (Å²) in [7, 11) is 1.64. The van der Waals surface area contributed by atoms with Crippen LogP contribution in [-0.4, -0.2) is 25.8 Å². The first kappa shape index (κ1) is 11.6. The molecule has 0 aliphatic carbocycles. The Labute approximate surface area is 103 Å². The topological polar surface area (TPSA) is 42.9 Å². The molecule has 1 aliphatic heterocycles. The maximum atomic E-state index is 5.35. The lowest BCUT2D eigenvalue weighted by Crippen LogP contribution is -2.25. The molecule has 1 heterocycles. The van der Waals surface area contributed by atoms with Crippen LogP contribution in [0.25, 0.3) is 0 Å². The highest BCUT2D eigenvalue weighted by Gasteiger charge is 2.20. The second-order valence-corrected chi connectivity index (χ2v) is 3.98. The Hall–Kier alpha value is -0.910. The molecule has 16 heavy (non-hydrogen) atoms. The number of hydrogen-bond donors (Lipinski definition) is 1. The van der Waals surface area contributed by atoms with Crippen molar-refractivity contribution in [1.82, 2.24) is 5.48 Å². The predicted octanol–water partition coefficient (Wildman–Crippen LogP) is 1.84. The summed E-state index contributed by atoms with van der Waals surface area (Å²) in [5.41, 5.74) is 4.97. The summed E-state index contributed by atoms with van der Waals surface area (Å²) in [5.74, 6) is 0.622. The first-order valence-electron chi connectivity index (χ1n) is 4.98. The van der Waals surface area contributed by atoms with Gasteiger partial charge in [-0.2, -0.15) is 0 Å². The monoisotopic (exact) mass is 284 g/mol. The molecule has 1 aromatic rings. The molecule has 1 unspecified atom stereocenters. The fourth-order valence-corrected chi connectivity index (χ4v) is 2.01. The van der Waals surface area contributed by atoms with E-state index in [0.29, 0.717) is 12.5 Å². The summed E-state index contributed by atoms with van der Waals surface area (Å²) in [6.07, 6.45) is -0.122. The third kappa shape index (κ3) is 2.42. The van der Waals surface area contributed by atoms with Crippen molar-refractivity contribution in [3.8, 4) is 0 Å². The Balaban J connectivity index is 2.21. The molecule has 0 spiro atoms. The van der Waals surface area contributed by atoms with Crippen LogP contribution in [0.1, 0.15) is 11.1 Å². The number of methoxy groups -OCH3 is 1. The van der Waals surface area contributed by atoms with E-state index in [0.717, 1.165) is 16.5 Å². The minimum atomic E-state index is -0.122. The van der Waals surface area contributed by atoms with E-state index in [1.807, 2.05) is 24.3 Å². The minimum absolute atomic E-state index is 0.122. The van der Waals surface area contributed by atoms with Gasteiger partial charge >= 0.3 is 0 Å². The van der Waals surface area contributed by atoms with E-state index in [9.17, 15) is 0 Å². The van der Waals surface area contributed by atoms with Crippen LogP contribution in [0.5, 0.6) is 0 Å². The Morgan fingerprint density at radius 2 is 2.31 bits per heavy atom. The van der Waals surface area contributed by atoms with Gasteiger partial charge in [0.25, 0.3) is 0 Å². The quantitative estimate of drug-likeness (QED) is 0.858. The van der Waals surface area contributed by atoms with Gasteiger partial charge in [0.15, 0.2) is 6.17 Å². The Bertz CT molecular complexity index is 395. The maximum Gasteiger partial charge on any atom is 0.242 e. The number of hydrogen-bond acceptors (Lipinski definition) is 4. The van der Waals surface area contributed by atoms with Crippen molar-refractivity contribution in [2.45, 2.75) is 11.5 Å². The van der Waals surface area contributed by atoms with Crippen molar-refractivity contribution in [1.29, 1.82) is 0 Å². The molecule has 0 fully saturated rings. The Morgan fingerprint density at radius 1 is 1.50 bits per heavy atom. The average Bonchev–Trinajstić information content (AvgIpc) is 2.78. The highest BCUT2D eigenvalue weighted by atomic mass is 79.9. The molecule has 0 aromatic heterocycles. The number of hydroxylamine groups is 1. The normalized spacial score (nSPS) is 19.4. The number of ether oxygens (including phenoxy) is 1. The number of alkyl halides is 1. The van der Waals surface area contributed by atoms with E-state index in [-0.39, 0.29) is 6.17 Å². The van der Waals surface area contributed by atoms with Crippen LogP contribution in [0.3, 0.4) is 0 Å². The summed E-state index contributed by atoms with van der Waals surface area (Å²) >= 11 is 3.45. The number of rotatable bonds is 4. The molecule has 0 saturated heterocycles. The van der Waals surface area contributed by atoms with Crippen molar-refractivity contribution < 1.29 is 9.57 Å². The second kappa shape index (κ2) is 5.43. The van der Waals surface area contributed by atoms with Gasteiger partial charge in [-0.05, 0) is 11.6 Å². The van der Waals surface area contributed by atoms with Crippen molar-refractivity contribution >= 4 is 21.8 Å². The Morgan fingerprint density at radius 3 is 3.06 bits per heavy atom. The Kier molecular flexibility index (Phi) is 3.93. The van der Waals surface area contributed by atoms with E-state index in [1.54, 1.807) is 7.11 Å². The largest absolute Gasteiger partial charge is 0.386 e. The molecule has 1 atom stereocenters. The number of nitrogens with one attached hydrogen (secondary N) is 1. The summed E-state index contributed by atoms with van der Waals surface area (Å²) in [5, 5.41) is 0.778. The molecule has 4 nitrogen and oxygen atoms in total. The fourth-order valence-electron chi connectivity index (χ4n) is 1.52. The zero-order valence-corrected chi connectivity index (χ0v) is 10.5. The molecule has 1 N–H and O–H groups in total. The molecule has 86 valence electrons. The smallest absolute Gasteiger partial charge is 0.242 e. The van der Waals surface area contributed by atoms with Gasteiger partial charge in [-0.15, -0.1) is 5.48 Å². The number of halogens is 1. The van der Waals surface area contributed by atoms with E-state index in [4.69, 9.17) is 9.57 Å². The van der Waals surface area contributed by atoms with Crippen LogP contribution < -0.4 is 5.48 Å². The van der Waals surface area contributed by atoms with E-state index in [2.05, 4.69) is 26.4 Å². The first-order valence-corrected chi connectivity index (χ1v) is 6.10. The molecule has 1 aromatic carbocycles. The van der Waals surface area contributed by atoms with Crippen LogP contribution >= 0.6 is 15.9 Å². The summed E-state index contributed by atoms with van der Waals surface area (Å²) in [6.45, 7) is 0.500. The highest BCUT2D eigenvalue weighted by molar-refractivity contribution is 9.08. The van der Waals surface area contributed by atoms with Gasteiger partial charge in [-0.3, -0.25) is 0 Å². The molecular weight excluding hydrogens is 272 g/mol. The zero-order chi connectivity index (χ0) is 11.4. The first-order chi connectivity index (χ1) is 7.85. The minimum Gasteiger partial charge on any atom is -0.386 e. The molecule has 0 saturated carbocycles. The molecule has 0 bridgehead atoms. The lowest BCUT2D eigenvalue weighted by molar-refractivity contribution is 0.109.